The van der Waals surface area contributed by atoms with E-state index in [9.17, 15) is 18.0 Å². The van der Waals surface area contributed by atoms with E-state index in [-0.39, 0.29) is 9.34 Å². The summed E-state index contributed by atoms with van der Waals surface area (Å²) in [6, 6.07) is 4.74. The maximum absolute atomic E-state index is 12.3. The lowest BCUT2D eigenvalue weighted by Gasteiger charge is -2.09. The average Bonchev–Trinajstić information content (AvgIpc) is 2.89. The van der Waals surface area contributed by atoms with Crippen LogP contribution in [0.25, 0.3) is 0 Å². The highest BCUT2D eigenvalue weighted by molar-refractivity contribution is 7.92. The molecule has 2 aromatic rings. The molecular formula is C14H14N2O5S2. The van der Waals surface area contributed by atoms with Crippen molar-refractivity contribution in [3.8, 4) is 5.75 Å². The molecular weight excluding hydrogens is 340 g/mol. The number of nitrogens with one attached hydrogen (secondary N) is 1. The zero-order valence-electron chi connectivity index (χ0n) is 12.6. The van der Waals surface area contributed by atoms with Gasteiger partial charge in [-0.05, 0) is 19.1 Å². The topological polar surface area (TPSA) is 102 Å². The Balaban J connectivity index is 2.24. The number of thiazole rings is 1. The zero-order valence-corrected chi connectivity index (χ0v) is 14.2. The van der Waals surface area contributed by atoms with E-state index in [1.807, 2.05) is 0 Å². The van der Waals surface area contributed by atoms with Crippen molar-refractivity contribution in [1.29, 1.82) is 0 Å². The van der Waals surface area contributed by atoms with Crippen LogP contribution >= 0.6 is 11.3 Å². The number of hydrogen-bond donors (Lipinski definition) is 1. The van der Waals surface area contributed by atoms with Crippen LogP contribution in [-0.2, 0) is 14.6 Å². The number of hydrogen-bond acceptors (Lipinski definition) is 7. The standard InChI is InChI=1S/C14H14N2O5S2/c1-8-10(5-4-6-11(8)21-9(2)17)13(18)16-14-15-7-12(22-14)23(3,19)20/h4-7H,1-3H3,(H,15,16,18). The summed E-state index contributed by atoms with van der Waals surface area (Å²) in [7, 11) is -3.36. The fourth-order valence-electron chi connectivity index (χ4n) is 1.78. The van der Waals surface area contributed by atoms with Crippen LogP contribution in [0.5, 0.6) is 5.75 Å². The first-order chi connectivity index (χ1) is 10.7. The SMILES string of the molecule is CC(=O)Oc1cccc(C(=O)Nc2ncc(S(C)(=O)=O)s2)c1C. The van der Waals surface area contributed by atoms with Crippen molar-refractivity contribution in [2.24, 2.45) is 0 Å². The Kier molecular flexibility index (Phi) is 4.81. The monoisotopic (exact) mass is 354 g/mol. The quantitative estimate of drug-likeness (QED) is 0.666. The Labute approximate surface area is 137 Å². The highest BCUT2D eigenvalue weighted by atomic mass is 32.2. The van der Waals surface area contributed by atoms with Crippen LogP contribution in [0.2, 0.25) is 0 Å². The maximum Gasteiger partial charge on any atom is 0.308 e. The number of carbonyl (C=O) groups is 2. The maximum atomic E-state index is 12.3. The summed E-state index contributed by atoms with van der Waals surface area (Å²) >= 11 is 0.867. The third kappa shape index (κ3) is 4.14. The van der Waals surface area contributed by atoms with Gasteiger partial charge in [-0.1, -0.05) is 17.4 Å². The molecule has 23 heavy (non-hydrogen) atoms. The minimum absolute atomic E-state index is 0.0678. The summed E-state index contributed by atoms with van der Waals surface area (Å²) in [5, 5.41) is 2.71. The number of ether oxygens (including phenoxy) is 1. The summed E-state index contributed by atoms with van der Waals surface area (Å²) in [4.78, 5) is 27.2. The lowest BCUT2D eigenvalue weighted by atomic mass is 10.1. The lowest BCUT2D eigenvalue weighted by Crippen LogP contribution is -2.14. The number of nitrogens with zero attached hydrogens (tertiary/aromatic N) is 1. The average molecular weight is 354 g/mol. The third-order valence-electron chi connectivity index (χ3n) is 2.85. The minimum Gasteiger partial charge on any atom is -0.426 e. The van der Waals surface area contributed by atoms with Gasteiger partial charge >= 0.3 is 5.97 Å². The smallest absolute Gasteiger partial charge is 0.308 e. The van der Waals surface area contributed by atoms with Gasteiger partial charge in [0.15, 0.2) is 15.0 Å². The Morgan fingerprint density at radius 3 is 2.57 bits per heavy atom. The normalized spacial score (nSPS) is 11.1. The van der Waals surface area contributed by atoms with Gasteiger partial charge in [0, 0.05) is 24.3 Å². The summed E-state index contributed by atoms with van der Waals surface area (Å²) < 4.78 is 27.9. The van der Waals surface area contributed by atoms with E-state index >= 15 is 0 Å². The van der Waals surface area contributed by atoms with Crippen molar-refractivity contribution in [2.45, 2.75) is 18.1 Å². The van der Waals surface area contributed by atoms with Crippen molar-refractivity contribution in [3.05, 3.63) is 35.5 Å². The van der Waals surface area contributed by atoms with Gasteiger partial charge in [0.2, 0.25) is 0 Å². The summed E-state index contributed by atoms with van der Waals surface area (Å²) in [6.45, 7) is 2.92. The van der Waals surface area contributed by atoms with Gasteiger partial charge in [0.1, 0.15) is 9.96 Å². The molecule has 0 spiro atoms. The van der Waals surface area contributed by atoms with Crippen LogP contribution in [0, 0.1) is 6.92 Å². The number of benzene rings is 1. The molecule has 0 aliphatic carbocycles. The molecule has 9 heteroatoms. The number of sulfone groups is 1. The predicted octanol–water partition coefficient (Wildman–Crippen LogP) is 2.03. The molecule has 0 aliphatic rings. The highest BCUT2D eigenvalue weighted by Crippen LogP contribution is 2.25. The molecule has 0 saturated heterocycles. The number of amides is 1. The van der Waals surface area contributed by atoms with E-state index in [4.69, 9.17) is 4.74 Å². The Morgan fingerprint density at radius 2 is 2.00 bits per heavy atom. The van der Waals surface area contributed by atoms with Crippen molar-refractivity contribution in [3.63, 3.8) is 0 Å². The Hall–Kier alpha value is -2.26. The van der Waals surface area contributed by atoms with Crippen molar-refractivity contribution >= 4 is 38.2 Å². The molecule has 7 nitrogen and oxygen atoms in total. The Bertz CT molecular complexity index is 871. The van der Waals surface area contributed by atoms with Gasteiger partial charge in [-0.25, -0.2) is 13.4 Å². The van der Waals surface area contributed by atoms with Crippen molar-refractivity contribution in [1.82, 2.24) is 4.98 Å². The summed E-state index contributed by atoms with van der Waals surface area (Å²) in [5.74, 6) is -0.657. The van der Waals surface area contributed by atoms with E-state index in [2.05, 4.69) is 10.3 Å². The molecule has 1 heterocycles. The van der Waals surface area contributed by atoms with Crippen LogP contribution in [-0.4, -0.2) is 31.5 Å². The number of esters is 1. The second-order valence-corrected chi connectivity index (χ2v) is 8.01. The minimum atomic E-state index is -3.36. The highest BCUT2D eigenvalue weighted by Gasteiger charge is 2.17. The number of anilines is 1. The molecule has 2 rings (SSSR count). The van der Waals surface area contributed by atoms with E-state index in [1.165, 1.54) is 13.1 Å². The van der Waals surface area contributed by atoms with Crippen molar-refractivity contribution < 1.29 is 22.7 Å². The molecule has 0 unspecified atom stereocenters. The molecule has 0 fully saturated rings. The van der Waals surface area contributed by atoms with Gasteiger partial charge in [0.25, 0.3) is 5.91 Å². The molecule has 0 atom stereocenters. The third-order valence-corrected chi connectivity index (χ3v) is 5.55. The predicted molar refractivity (Wildman–Crippen MR) is 85.7 cm³/mol. The van der Waals surface area contributed by atoms with Gasteiger partial charge in [0.05, 0.1) is 6.20 Å². The first kappa shape index (κ1) is 17.1. The summed E-state index contributed by atoms with van der Waals surface area (Å²) in [6.07, 6.45) is 2.26. The van der Waals surface area contributed by atoms with Crippen LogP contribution in [0.15, 0.2) is 28.6 Å². The lowest BCUT2D eigenvalue weighted by molar-refractivity contribution is -0.131. The molecule has 1 aromatic heterocycles. The van der Waals surface area contributed by atoms with E-state index in [0.717, 1.165) is 17.6 Å². The molecule has 1 aromatic carbocycles. The van der Waals surface area contributed by atoms with Crippen molar-refractivity contribution in [2.75, 3.05) is 11.6 Å². The summed E-state index contributed by atoms with van der Waals surface area (Å²) in [5.41, 5.74) is 0.806. The van der Waals surface area contributed by atoms with Gasteiger partial charge in [-0.3, -0.25) is 14.9 Å². The number of carbonyl (C=O) groups excluding carboxylic acids is 2. The second-order valence-electron chi connectivity index (χ2n) is 4.73. The molecule has 1 amide bonds. The molecule has 0 aliphatic heterocycles. The van der Waals surface area contributed by atoms with Gasteiger partial charge in [-0.15, -0.1) is 0 Å². The zero-order chi connectivity index (χ0) is 17.2. The van der Waals surface area contributed by atoms with Crippen LogP contribution in [0.4, 0.5) is 5.13 Å². The van der Waals surface area contributed by atoms with E-state index in [1.54, 1.807) is 25.1 Å². The Morgan fingerprint density at radius 1 is 1.30 bits per heavy atom. The molecule has 0 saturated carbocycles. The van der Waals surface area contributed by atoms with Crippen LogP contribution in [0.3, 0.4) is 0 Å². The van der Waals surface area contributed by atoms with E-state index in [0.29, 0.717) is 16.9 Å². The van der Waals surface area contributed by atoms with Gasteiger partial charge < -0.3 is 4.74 Å². The number of rotatable bonds is 4. The first-order valence-corrected chi connectivity index (χ1v) is 9.14. The fraction of sp³-hybridized carbons (Fsp3) is 0.214. The number of aromatic nitrogens is 1. The fourth-order valence-corrected chi connectivity index (χ4v) is 3.41. The molecule has 0 bridgehead atoms. The van der Waals surface area contributed by atoms with E-state index < -0.39 is 21.7 Å². The van der Waals surface area contributed by atoms with Crippen LogP contribution < -0.4 is 10.1 Å². The van der Waals surface area contributed by atoms with Gasteiger partial charge in [-0.2, -0.15) is 0 Å². The largest absolute Gasteiger partial charge is 0.426 e. The van der Waals surface area contributed by atoms with Crippen LogP contribution in [0.1, 0.15) is 22.8 Å². The molecule has 0 radical (unpaired) electrons. The molecule has 122 valence electrons. The first-order valence-electron chi connectivity index (χ1n) is 6.43. The second kappa shape index (κ2) is 6.47. The molecule has 1 N–H and O–H groups in total.